The second-order valence-corrected chi connectivity index (χ2v) is 6.86. The van der Waals surface area contributed by atoms with Gasteiger partial charge in [-0.05, 0) is 35.9 Å². The maximum Gasteiger partial charge on any atom is 0.263 e. The van der Waals surface area contributed by atoms with E-state index < -0.39 is 6.10 Å². The Morgan fingerprint density at radius 2 is 2.03 bits per heavy atom. The minimum Gasteiger partial charge on any atom is -0.477 e. The molecular weight excluding hydrogens is 368 g/mol. The van der Waals surface area contributed by atoms with Gasteiger partial charge in [0, 0.05) is 32.6 Å². The van der Waals surface area contributed by atoms with Crippen LogP contribution in [0.3, 0.4) is 0 Å². The highest BCUT2D eigenvalue weighted by Crippen LogP contribution is 2.34. The molecule has 1 N–H and O–H groups in total. The lowest BCUT2D eigenvalue weighted by molar-refractivity contribution is -0.128. The number of fused-ring (bicyclic) bond motifs is 1. The Kier molecular flexibility index (Phi) is 5.76. The van der Waals surface area contributed by atoms with Gasteiger partial charge in [0.1, 0.15) is 5.75 Å². The predicted molar refractivity (Wildman–Crippen MR) is 110 cm³/mol. The van der Waals surface area contributed by atoms with E-state index in [4.69, 9.17) is 9.47 Å². The van der Waals surface area contributed by atoms with Gasteiger partial charge in [-0.3, -0.25) is 4.79 Å². The zero-order valence-corrected chi connectivity index (χ0v) is 16.3. The summed E-state index contributed by atoms with van der Waals surface area (Å²) >= 11 is 0. The number of methoxy groups -OCH3 is 1. The number of amides is 1. The lowest BCUT2D eigenvalue weighted by Gasteiger charge is -2.35. The number of carbonyl (C=O) groups is 1. The highest BCUT2D eigenvalue weighted by Gasteiger charge is 2.30. The van der Waals surface area contributed by atoms with E-state index in [-0.39, 0.29) is 5.91 Å². The number of benzene rings is 2. The lowest BCUT2D eigenvalue weighted by atomic mass is 10.1. The minimum absolute atomic E-state index is 0.129. The molecule has 7 nitrogen and oxygen atoms in total. The molecule has 0 radical (unpaired) electrons. The van der Waals surface area contributed by atoms with E-state index in [0.29, 0.717) is 26.2 Å². The fraction of sp³-hybridized carbons (Fsp3) is 0.273. The third-order valence-corrected chi connectivity index (χ3v) is 4.84. The summed E-state index contributed by atoms with van der Waals surface area (Å²) in [6, 6.07) is 18.0. The average molecular weight is 392 g/mol. The van der Waals surface area contributed by atoms with Crippen LogP contribution < -0.4 is 15.0 Å². The van der Waals surface area contributed by atoms with Crippen LogP contribution in [0.2, 0.25) is 0 Å². The molecule has 1 atom stereocenters. The number of carbonyl (C=O) groups excluding carboxylic acids is 1. The Morgan fingerprint density at radius 1 is 1.21 bits per heavy atom. The van der Waals surface area contributed by atoms with Crippen molar-refractivity contribution in [3.05, 3.63) is 72.6 Å². The van der Waals surface area contributed by atoms with Crippen LogP contribution in [0.4, 0.5) is 5.69 Å². The Morgan fingerprint density at radius 3 is 2.79 bits per heavy atom. The first-order valence-electron chi connectivity index (χ1n) is 9.61. The molecule has 7 heteroatoms. The molecule has 0 aliphatic carbocycles. The maximum absolute atomic E-state index is 12.5. The largest absolute Gasteiger partial charge is 0.477 e. The number of aromatic nitrogens is 2. The molecule has 0 fully saturated rings. The van der Waals surface area contributed by atoms with Crippen molar-refractivity contribution >= 4 is 11.6 Å². The van der Waals surface area contributed by atoms with Crippen LogP contribution in [0, 0.1) is 0 Å². The van der Waals surface area contributed by atoms with Crippen LogP contribution in [-0.4, -0.2) is 48.6 Å². The minimum atomic E-state index is -0.565. The first-order chi connectivity index (χ1) is 14.2. The van der Waals surface area contributed by atoms with E-state index in [2.05, 4.69) is 27.4 Å². The van der Waals surface area contributed by atoms with Crippen LogP contribution in [0.5, 0.6) is 5.75 Å². The highest BCUT2D eigenvalue weighted by atomic mass is 16.5. The molecule has 1 amide bonds. The van der Waals surface area contributed by atoms with Crippen molar-refractivity contribution in [3.63, 3.8) is 0 Å². The van der Waals surface area contributed by atoms with Crippen molar-refractivity contribution in [2.24, 2.45) is 0 Å². The number of ether oxygens (including phenoxy) is 2. The Balaban J connectivity index is 1.50. The van der Waals surface area contributed by atoms with Gasteiger partial charge in [0.15, 0.2) is 6.10 Å². The highest BCUT2D eigenvalue weighted by molar-refractivity contribution is 5.83. The van der Waals surface area contributed by atoms with Crippen LogP contribution in [0.25, 0.3) is 5.69 Å². The van der Waals surface area contributed by atoms with Gasteiger partial charge in [-0.25, -0.2) is 4.68 Å². The van der Waals surface area contributed by atoms with Crippen molar-refractivity contribution in [1.82, 2.24) is 15.1 Å². The van der Waals surface area contributed by atoms with Crippen LogP contribution in [0.1, 0.15) is 5.56 Å². The molecule has 1 aliphatic heterocycles. The lowest BCUT2D eigenvalue weighted by Crippen LogP contribution is -2.49. The van der Waals surface area contributed by atoms with E-state index in [1.54, 1.807) is 13.3 Å². The summed E-state index contributed by atoms with van der Waals surface area (Å²) in [7, 11) is 1.61. The van der Waals surface area contributed by atoms with Crippen LogP contribution >= 0.6 is 0 Å². The SMILES string of the molecule is COCCNC(=O)C1CN(Cc2ccc(-n3cccn3)cc2)c2ccccc2O1. The molecule has 0 spiro atoms. The molecular formula is C22H24N4O3. The molecule has 1 aliphatic rings. The molecule has 1 unspecified atom stereocenters. The van der Waals surface area contributed by atoms with Gasteiger partial charge in [0.25, 0.3) is 5.91 Å². The zero-order valence-electron chi connectivity index (χ0n) is 16.3. The van der Waals surface area contributed by atoms with Crippen molar-refractivity contribution in [2.45, 2.75) is 12.6 Å². The van der Waals surface area contributed by atoms with Gasteiger partial charge in [-0.1, -0.05) is 24.3 Å². The summed E-state index contributed by atoms with van der Waals surface area (Å²) in [5, 5.41) is 7.12. The van der Waals surface area contributed by atoms with Gasteiger partial charge in [0.2, 0.25) is 0 Å². The van der Waals surface area contributed by atoms with Gasteiger partial charge in [-0.2, -0.15) is 5.10 Å². The maximum atomic E-state index is 12.5. The van der Waals surface area contributed by atoms with Gasteiger partial charge in [0.05, 0.1) is 24.5 Å². The van der Waals surface area contributed by atoms with Gasteiger partial charge >= 0.3 is 0 Å². The zero-order chi connectivity index (χ0) is 20.1. The summed E-state index contributed by atoms with van der Waals surface area (Å²) in [5.74, 6) is 0.592. The summed E-state index contributed by atoms with van der Waals surface area (Å²) in [6.07, 6.45) is 3.11. The first kappa shape index (κ1) is 19.0. The summed E-state index contributed by atoms with van der Waals surface area (Å²) in [4.78, 5) is 14.7. The van der Waals surface area contributed by atoms with Crippen molar-refractivity contribution in [2.75, 3.05) is 31.7 Å². The normalized spacial score (nSPS) is 15.5. The Bertz CT molecular complexity index is 941. The molecule has 3 aromatic rings. The van der Waals surface area contributed by atoms with Crippen molar-refractivity contribution in [1.29, 1.82) is 0 Å². The Hall–Kier alpha value is -3.32. The quantitative estimate of drug-likeness (QED) is 0.626. The summed E-state index contributed by atoms with van der Waals surface area (Å²) in [5.41, 5.74) is 3.15. The fourth-order valence-electron chi connectivity index (χ4n) is 3.38. The predicted octanol–water partition coefficient (Wildman–Crippen LogP) is 2.40. The van der Waals surface area contributed by atoms with E-state index in [0.717, 1.165) is 22.7 Å². The molecule has 0 saturated heterocycles. The summed E-state index contributed by atoms with van der Waals surface area (Å²) in [6.45, 7) is 2.10. The Labute approximate surface area is 169 Å². The molecule has 1 aromatic heterocycles. The number of hydrogen-bond donors (Lipinski definition) is 1. The van der Waals surface area contributed by atoms with E-state index in [1.807, 2.05) is 53.3 Å². The topological polar surface area (TPSA) is 68.6 Å². The fourth-order valence-corrected chi connectivity index (χ4v) is 3.38. The first-order valence-corrected chi connectivity index (χ1v) is 9.61. The smallest absolute Gasteiger partial charge is 0.263 e. The number of para-hydroxylation sites is 2. The molecule has 0 saturated carbocycles. The number of nitrogens with one attached hydrogen (secondary N) is 1. The van der Waals surface area contributed by atoms with Crippen LogP contribution in [-0.2, 0) is 16.1 Å². The van der Waals surface area contributed by atoms with Crippen molar-refractivity contribution in [3.8, 4) is 11.4 Å². The summed E-state index contributed by atoms with van der Waals surface area (Å²) < 4.78 is 12.8. The molecule has 29 heavy (non-hydrogen) atoms. The average Bonchev–Trinajstić information content (AvgIpc) is 3.29. The monoisotopic (exact) mass is 392 g/mol. The molecule has 150 valence electrons. The van der Waals surface area contributed by atoms with Gasteiger partial charge in [-0.15, -0.1) is 0 Å². The van der Waals surface area contributed by atoms with Gasteiger partial charge < -0.3 is 19.7 Å². The number of hydrogen-bond acceptors (Lipinski definition) is 5. The molecule has 4 rings (SSSR count). The second-order valence-electron chi connectivity index (χ2n) is 6.86. The third kappa shape index (κ3) is 4.41. The van der Waals surface area contributed by atoms with E-state index >= 15 is 0 Å². The molecule has 2 heterocycles. The second kappa shape index (κ2) is 8.79. The number of rotatable bonds is 7. The van der Waals surface area contributed by atoms with E-state index in [9.17, 15) is 4.79 Å². The van der Waals surface area contributed by atoms with E-state index in [1.165, 1.54) is 0 Å². The molecule has 0 bridgehead atoms. The number of anilines is 1. The van der Waals surface area contributed by atoms with Crippen molar-refractivity contribution < 1.29 is 14.3 Å². The number of nitrogens with zero attached hydrogens (tertiary/aromatic N) is 3. The standard InChI is InChI=1S/C22H24N4O3/c1-28-14-12-23-22(27)21-16-25(19-5-2-3-6-20(19)29-21)15-17-7-9-18(10-8-17)26-13-4-11-24-26/h2-11,13,21H,12,14-16H2,1H3,(H,23,27). The molecule has 2 aromatic carbocycles. The van der Waals surface area contributed by atoms with Crippen LogP contribution in [0.15, 0.2) is 67.0 Å². The third-order valence-electron chi connectivity index (χ3n) is 4.84.